The molecule has 0 amide bonds. The Kier molecular flexibility index (Phi) is 3.98. The average Bonchev–Trinajstić information content (AvgIpc) is 2.63. The van der Waals surface area contributed by atoms with E-state index in [0.717, 1.165) is 19.3 Å². The molecular weight excluding hydrogens is 251 g/mol. The predicted molar refractivity (Wildman–Crippen MR) is 72.2 cm³/mol. The number of aliphatic hydroxyl groups excluding tert-OH is 1. The molecule has 1 nitrogen and oxygen atoms in total. The van der Waals surface area contributed by atoms with E-state index in [2.05, 4.69) is 13.8 Å². The van der Waals surface area contributed by atoms with Gasteiger partial charge in [-0.1, -0.05) is 37.9 Å². The highest BCUT2D eigenvalue weighted by molar-refractivity contribution is 6.31. The summed E-state index contributed by atoms with van der Waals surface area (Å²) in [5, 5.41) is 10.8. The maximum atomic E-state index is 13.7. The van der Waals surface area contributed by atoms with Gasteiger partial charge in [-0.2, -0.15) is 0 Å². The molecule has 1 saturated carbocycles. The van der Waals surface area contributed by atoms with Crippen LogP contribution in [0.5, 0.6) is 0 Å². The smallest absolute Gasteiger partial charge is 0.127 e. The van der Waals surface area contributed by atoms with E-state index in [1.54, 1.807) is 12.1 Å². The van der Waals surface area contributed by atoms with Gasteiger partial charge in [0.2, 0.25) is 0 Å². The average molecular weight is 271 g/mol. The summed E-state index contributed by atoms with van der Waals surface area (Å²) in [5.74, 6) is -0.0921. The highest BCUT2D eigenvalue weighted by atomic mass is 35.5. The zero-order valence-electron chi connectivity index (χ0n) is 10.9. The summed E-state index contributed by atoms with van der Waals surface area (Å²) in [4.78, 5) is 0. The van der Waals surface area contributed by atoms with Gasteiger partial charge < -0.3 is 5.11 Å². The number of hydrogen-bond donors (Lipinski definition) is 1. The Labute approximate surface area is 113 Å². The minimum Gasteiger partial charge on any atom is -0.392 e. The Morgan fingerprint density at radius 1 is 1.50 bits per heavy atom. The topological polar surface area (TPSA) is 20.2 Å². The Morgan fingerprint density at radius 3 is 2.78 bits per heavy atom. The summed E-state index contributed by atoms with van der Waals surface area (Å²) >= 11 is 6.00. The third kappa shape index (κ3) is 2.70. The molecular formula is C15H20ClFO. The van der Waals surface area contributed by atoms with Gasteiger partial charge in [0.25, 0.3) is 0 Å². The summed E-state index contributed by atoms with van der Waals surface area (Å²) < 4.78 is 13.7. The number of aliphatic hydroxyl groups is 1. The van der Waals surface area contributed by atoms with E-state index in [0.29, 0.717) is 17.0 Å². The van der Waals surface area contributed by atoms with Gasteiger partial charge in [-0.15, -0.1) is 0 Å². The van der Waals surface area contributed by atoms with E-state index >= 15 is 0 Å². The van der Waals surface area contributed by atoms with Crippen LogP contribution < -0.4 is 0 Å². The van der Waals surface area contributed by atoms with Crippen LogP contribution in [0.2, 0.25) is 5.02 Å². The molecule has 3 heteroatoms. The number of benzene rings is 1. The van der Waals surface area contributed by atoms with Crippen molar-refractivity contribution in [1.82, 2.24) is 0 Å². The lowest BCUT2D eigenvalue weighted by molar-refractivity contribution is 0.0537. The van der Waals surface area contributed by atoms with Gasteiger partial charge >= 0.3 is 0 Å². The van der Waals surface area contributed by atoms with Crippen molar-refractivity contribution in [2.75, 3.05) is 0 Å². The van der Waals surface area contributed by atoms with Gasteiger partial charge in [0.1, 0.15) is 5.82 Å². The van der Waals surface area contributed by atoms with E-state index in [1.165, 1.54) is 6.07 Å². The van der Waals surface area contributed by atoms with E-state index in [1.807, 2.05) is 0 Å². The zero-order valence-corrected chi connectivity index (χ0v) is 11.7. The van der Waals surface area contributed by atoms with E-state index < -0.39 is 6.10 Å². The second-order valence-corrected chi connectivity index (χ2v) is 6.37. The molecule has 2 atom stereocenters. The number of halogens is 2. The van der Waals surface area contributed by atoms with Crippen LogP contribution in [0.1, 0.15) is 38.7 Å². The van der Waals surface area contributed by atoms with E-state index in [9.17, 15) is 9.50 Å². The fraction of sp³-hybridized carbons (Fsp3) is 0.600. The molecule has 18 heavy (non-hydrogen) atoms. The largest absolute Gasteiger partial charge is 0.392 e. The molecule has 100 valence electrons. The first-order chi connectivity index (χ1) is 8.42. The second kappa shape index (κ2) is 5.18. The SMILES string of the molecule is CC1(C)CCCC1C(O)Cc1c(F)cccc1Cl. The third-order valence-electron chi connectivity index (χ3n) is 4.28. The molecule has 1 aromatic rings. The van der Waals surface area contributed by atoms with Crippen LogP contribution in [0.3, 0.4) is 0 Å². The summed E-state index contributed by atoms with van der Waals surface area (Å²) in [5.41, 5.74) is 0.575. The van der Waals surface area contributed by atoms with Crippen molar-refractivity contribution in [1.29, 1.82) is 0 Å². The van der Waals surface area contributed by atoms with Gasteiger partial charge in [0, 0.05) is 17.0 Å². The minimum absolute atomic E-state index is 0.136. The predicted octanol–water partition coefficient (Wildman–Crippen LogP) is 4.21. The Balaban J connectivity index is 2.14. The Morgan fingerprint density at radius 2 is 2.22 bits per heavy atom. The molecule has 1 N–H and O–H groups in total. The van der Waals surface area contributed by atoms with Crippen molar-refractivity contribution in [3.63, 3.8) is 0 Å². The lowest BCUT2D eigenvalue weighted by Crippen LogP contribution is -2.31. The quantitative estimate of drug-likeness (QED) is 0.872. The fourth-order valence-electron chi connectivity index (χ4n) is 3.15. The highest BCUT2D eigenvalue weighted by Gasteiger charge is 2.39. The van der Waals surface area contributed by atoms with Gasteiger partial charge in [-0.05, 0) is 36.3 Å². The fourth-order valence-corrected chi connectivity index (χ4v) is 3.39. The Bertz CT molecular complexity index is 410. The molecule has 0 aromatic heterocycles. The second-order valence-electron chi connectivity index (χ2n) is 5.96. The normalized spacial score (nSPS) is 24.2. The molecule has 2 rings (SSSR count). The van der Waals surface area contributed by atoms with Crippen LogP contribution in [0.15, 0.2) is 18.2 Å². The van der Waals surface area contributed by atoms with Gasteiger partial charge in [0.15, 0.2) is 0 Å². The number of hydrogen-bond acceptors (Lipinski definition) is 1. The maximum absolute atomic E-state index is 13.7. The lowest BCUT2D eigenvalue weighted by atomic mass is 9.77. The molecule has 0 saturated heterocycles. The number of rotatable bonds is 3. The Hall–Kier alpha value is -0.600. The molecule has 1 aliphatic carbocycles. The van der Waals surface area contributed by atoms with Gasteiger partial charge in [0.05, 0.1) is 6.10 Å². The zero-order chi connectivity index (χ0) is 13.3. The standard InChI is InChI=1S/C15H20ClFO/c1-15(2)8-4-5-11(15)14(18)9-10-12(16)6-3-7-13(10)17/h3,6-7,11,14,18H,4-5,8-9H2,1-2H3. The molecule has 0 heterocycles. The first kappa shape index (κ1) is 13.8. The summed E-state index contributed by atoms with van der Waals surface area (Å²) in [6.45, 7) is 4.35. The van der Waals surface area contributed by atoms with Crippen molar-refractivity contribution in [3.8, 4) is 0 Å². The molecule has 1 aromatic carbocycles. The molecule has 1 fully saturated rings. The maximum Gasteiger partial charge on any atom is 0.127 e. The van der Waals surface area contributed by atoms with Crippen LogP contribution in [0.25, 0.3) is 0 Å². The summed E-state index contributed by atoms with van der Waals surface area (Å²) in [6, 6.07) is 4.66. The molecule has 1 aliphatic rings. The molecule has 2 unspecified atom stereocenters. The van der Waals surface area contributed by atoms with Crippen molar-refractivity contribution in [2.45, 2.75) is 45.6 Å². The van der Waals surface area contributed by atoms with Crippen LogP contribution in [0.4, 0.5) is 4.39 Å². The van der Waals surface area contributed by atoms with Crippen molar-refractivity contribution < 1.29 is 9.50 Å². The first-order valence-electron chi connectivity index (χ1n) is 6.53. The monoisotopic (exact) mass is 270 g/mol. The van der Waals surface area contributed by atoms with Crippen molar-refractivity contribution in [3.05, 3.63) is 34.6 Å². The van der Waals surface area contributed by atoms with Gasteiger partial charge in [-0.25, -0.2) is 4.39 Å². The molecule has 0 radical (unpaired) electrons. The van der Waals surface area contributed by atoms with Crippen molar-refractivity contribution in [2.24, 2.45) is 11.3 Å². The molecule has 0 bridgehead atoms. The van der Waals surface area contributed by atoms with Crippen molar-refractivity contribution >= 4 is 11.6 Å². The summed E-state index contributed by atoms with van der Waals surface area (Å²) in [7, 11) is 0. The van der Waals surface area contributed by atoms with Crippen LogP contribution >= 0.6 is 11.6 Å². The third-order valence-corrected chi connectivity index (χ3v) is 4.63. The highest BCUT2D eigenvalue weighted by Crippen LogP contribution is 2.45. The van der Waals surface area contributed by atoms with E-state index in [4.69, 9.17) is 11.6 Å². The minimum atomic E-state index is -0.517. The van der Waals surface area contributed by atoms with Crippen LogP contribution in [-0.4, -0.2) is 11.2 Å². The lowest BCUT2D eigenvalue weighted by Gasteiger charge is -2.31. The summed E-state index contributed by atoms with van der Waals surface area (Å²) in [6.07, 6.45) is 3.07. The van der Waals surface area contributed by atoms with Crippen LogP contribution in [0, 0.1) is 17.2 Å². The molecule has 0 spiro atoms. The van der Waals surface area contributed by atoms with Gasteiger partial charge in [-0.3, -0.25) is 0 Å². The van der Waals surface area contributed by atoms with Crippen LogP contribution in [-0.2, 0) is 6.42 Å². The first-order valence-corrected chi connectivity index (χ1v) is 6.90. The molecule has 0 aliphatic heterocycles. The van der Waals surface area contributed by atoms with E-state index in [-0.39, 0.29) is 17.2 Å².